The van der Waals surface area contributed by atoms with Crippen molar-refractivity contribution in [2.45, 2.75) is 19.7 Å². The van der Waals surface area contributed by atoms with Crippen LogP contribution in [0.1, 0.15) is 16.7 Å². The molecule has 1 N–H and O–H groups in total. The molecule has 5 heteroatoms. The van der Waals surface area contributed by atoms with Crippen LogP contribution < -0.4 is 27.2 Å². The van der Waals surface area contributed by atoms with E-state index in [1.165, 1.54) is 17.7 Å². The van der Waals surface area contributed by atoms with Crippen molar-refractivity contribution < 1.29 is 26.3 Å². The molecule has 0 amide bonds. The molecule has 0 heterocycles. The molecule has 3 aromatic rings. The van der Waals surface area contributed by atoms with Crippen LogP contribution in [0.5, 0.6) is 11.5 Å². The summed E-state index contributed by atoms with van der Waals surface area (Å²) in [4.78, 5) is 0. The molecule has 142 valence electrons. The summed E-state index contributed by atoms with van der Waals surface area (Å²) < 4.78 is 24.1. The summed E-state index contributed by atoms with van der Waals surface area (Å²) in [5.74, 6) is 1.45. The van der Waals surface area contributed by atoms with Crippen LogP contribution in [-0.2, 0) is 19.7 Å². The molecule has 27 heavy (non-hydrogen) atoms. The van der Waals surface area contributed by atoms with Crippen LogP contribution in [0.25, 0.3) is 0 Å². The Morgan fingerprint density at radius 2 is 1.48 bits per heavy atom. The summed E-state index contributed by atoms with van der Waals surface area (Å²) >= 11 is 0. The van der Waals surface area contributed by atoms with Crippen LogP contribution in [0.2, 0.25) is 0 Å². The van der Waals surface area contributed by atoms with E-state index in [0.717, 1.165) is 29.2 Å². The summed E-state index contributed by atoms with van der Waals surface area (Å²) in [6.07, 6.45) is 0. The fraction of sp³-hybridized carbons (Fsp3) is 0.182. The number of ether oxygens (including phenoxy) is 2. The summed E-state index contributed by atoms with van der Waals surface area (Å²) in [7, 11) is 1.66. The second kappa shape index (κ2) is 10.6. The molecule has 0 saturated heterocycles. The highest BCUT2D eigenvalue weighted by molar-refractivity contribution is 5.34. The Labute approximate surface area is 165 Å². The van der Waals surface area contributed by atoms with Gasteiger partial charge in [-0.1, -0.05) is 42.5 Å². The van der Waals surface area contributed by atoms with E-state index in [-0.39, 0.29) is 18.2 Å². The number of hydrogen-bond donors (Lipinski definition) is 1. The van der Waals surface area contributed by atoms with E-state index in [4.69, 9.17) is 9.47 Å². The molecule has 0 spiro atoms. The zero-order valence-corrected chi connectivity index (χ0v) is 15.9. The van der Waals surface area contributed by atoms with E-state index in [9.17, 15) is 4.39 Å². The number of para-hydroxylation sites is 1. The van der Waals surface area contributed by atoms with E-state index in [0.29, 0.717) is 13.2 Å². The van der Waals surface area contributed by atoms with Gasteiger partial charge in [0, 0.05) is 18.7 Å². The van der Waals surface area contributed by atoms with Crippen molar-refractivity contribution in [3.63, 3.8) is 0 Å². The number of benzene rings is 3. The Hall–Kier alpha value is -2.56. The van der Waals surface area contributed by atoms with Gasteiger partial charge in [0.25, 0.3) is 0 Å². The highest BCUT2D eigenvalue weighted by Gasteiger charge is 2.04. The van der Waals surface area contributed by atoms with Crippen molar-refractivity contribution in [3.8, 4) is 11.5 Å². The molecule has 0 radical (unpaired) electrons. The largest absolute Gasteiger partial charge is 1.00 e. The van der Waals surface area contributed by atoms with Gasteiger partial charge in [-0.2, -0.15) is 0 Å². The molecule has 0 aliphatic rings. The zero-order valence-electron chi connectivity index (χ0n) is 15.1. The Balaban J connectivity index is 0.00000261. The normalized spacial score (nSPS) is 10.1. The quantitative estimate of drug-likeness (QED) is 0.639. The topological polar surface area (TPSA) is 30.5 Å². The van der Waals surface area contributed by atoms with Crippen LogP contribution in [-0.4, -0.2) is 7.11 Å². The van der Waals surface area contributed by atoms with Crippen LogP contribution in [0.15, 0.2) is 72.8 Å². The second-order valence-corrected chi connectivity index (χ2v) is 5.97. The number of methoxy groups -OCH3 is 1. The van der Waals surface area contributed by atoms with Gasteiger partial charge in [-0.15, -0.1) is 0 Å². The predicted octanol–water partition coefficient (Wildman–Crippen LogP) is 1.71. The minimum absolute atomic E-state index is 0. The minimum Gasteiger partial charge on any atom is -1.00 e. The monoisotopic (exact) mass is 386 g/mol. The smallest absolute Gasteiger partial charge is 0.124 e. The molecule has 0 saturated carbocycles. The lowest BCUT2D eigenvalue weighted by atomic mass is 10.1. The molecular formula is C22H22ClFNO2-. The van der Waals surface area contributed by atoms with E-state index in [2.05, 4.69) is 5.32 Å². The Kier molecular flexibility index (Phi) is 8.11. The molecule has 3 rings (SSSR count). The summed E-state index contributed by atoms with van der Waals surface area (Å²) in [5, 5.41) is 3.43. The van der Waals surface area contributed by atoms with Gasteiger partial charge in [0.05, 0.1) is 7.11 Å². The lowest BCUT2D eigenvalue weighted by molar-refractivity contribution is -0.00000652. The highest BCUT2D eigenvalue weighted by atomic mass is 35.5. The first-order valence-electron chi connectivity index (χ1n) is 8.53. The molecule has 0 aliphatic heterocycles. The molecule has 3 aromatic carbocycles. The molecule has 0 atom stereocenters. The van der Waals surface area contributed by atoms with Gasteiger partial charge in [0.1, 0.15) is 23.9 Å². The molecular weight excluding hydrogens is 365 g/mol. The fourth-order valence-corrected chi connectivity index (χ4v) is 2.62. The van der Waals surface area contributed by atoms with Gasteiger partial charge in [0.2, 0.25) is 0 Å². The van der Waals surface area contributed by atoms with Gasteiger partial charge in [-0.25, -0.2) is 4.39 Å². The molecule has 0 fully saturated rings. The summed E-state index contributed by atoms with van der Waals surface area (Å²) in [5.41, 5.74) is 3.21. The van der Waals surface area contributed by atoms with Gasteiger partial charge in [-0.3, -0.25) is 0 Å². The maximum atomic E-state index is 13.0. The lowest BCUT2D eigenvalue weighted by Crippen LogP contribution is -3.00. The number of halogens is 2. The van der Waals surface area contributed by atoms with Crippen molar-refractivity contribution in [1.29, 1.82) is 0 Å². The van der Waals surface area contributed by atoms with Gasteiger partial charge < -0.3 is 27.2 Å². The van der Waals surface area contributed by atoms with Crippen molar-refractivity contribution in [2.75, 3.05) is 7.11 Å². The maximum Gasteiger partial charge on any atom is 0.124 e. The van der Waals surface area contributed by atoms with Crippen LogP contribution in [0.4, 0.5) is 4.39 Å². The summed E-state index contributed by atoms with van der Waals surface area (Å²) in [6, 6.07) is 22.3. The molecule has 0 aliphatic carbocycles. The van der Waals surface area contributed by atoms with Crippen LogP contribution in [0.3, 0.4) is 0 Å². The van der Waals surface area contributed by atoms with Gasteiger partial charge >= 0.3 is 0 Å². The SMILES string of the molecule is COc1ccc(CNCc2ccccc2OCc2ccc(F)cc2)cc1.[Cl-]. The highest BCUT2D eigenvalue weighted by Crippen LogP contribution is 2.20. The number of rotatable bonds is 8. The standard InChI is InChI=1S/C22H22FNO2.ClH/c1-25-21-12-8-17(9-13-21)14-24-15-19-4-2-3-5-22(19)26-16-18-6-10-20(23)11-7-18;/h2-13,24H,14-16H2,1H3;1H/p-1. The van der Waals surface area contributed by atoms with E-state index < -0.39 is 0 Å². The van der Waals surface area contributed by atoms with Crippen molar-refractivity contribution in [3.05, 3.63) is 95.3 Å². The molecule has 3 nitrogen and oxygen atoms in total. The Morgan fingerprint density at radius 1 is 0.815 bits per heavy atom. The number of nitrogens with one attached hydrogen (secondary N) is 1. The fourth-order valence-electron chi connectivity index (χ4n) is 2.62. The molecule has 0 aromatic heterocycles. The Morgan fingerprint density at radius 3 is 2.19 bits per heavy atom. The third-order valence-corrected chi connectivity index (χ3v) is 4.08. The van der Waals surface area contributed by atoms with Crippen molar-refractivity contribution in [1.82, 2.24) is 5.32 Å². The average Bonchev–Trinajstić information content (AvgIpc) is 2.69. The Bertz CT molecular complexity index is 822. The average molecular weight is 387 g/mol. The molecule has 0 bridgehead atoms. The first-order valence-corrected chi connectivity index (χ1v) is 8.53. The van der Waals surface area contributed by atoms with Crippen molar-refractivity contribution >= 4 is 0 Å². The van der Waals surface area contributed by atoms with Gasteiger partial charge in [-0.05, 0) is 41.5 Å². The van der Waals surface area contributed by atoms with E-state index >= 15 is 0 Å². The lowest BCUT2D eigenvalue weighted by Gasteiger charge is -2.12. The van der Waals surface area contributed by atoms with Crippen LogP contribution in [0, 0.1) is 5.82 Å². The van der Waals surface area contributed by atoms with E-state index in [1.807, 2.05) is 48.5 Å². The second-order valence-electron chi connectivity index (χ2n) is 5.97. The first kappa shape index (κ1) is 20.7. The number of hydrogen-bond acceptors (Lipinski definition) is 3. The summed E-state index contributed by atoms with van der Waals surface area (Å²) in [6.45, 7) is 1.87. The molecule has 0 unspecified atom stereocenters. The van der Waals surface area contributed by atoms with Crippen molar-refractivity contribution in [2.24, 2.45) is 0 Å². The maximum absolute atomic E-state index is 13.0. The predicted molar refractivity (Wildman–Crippen MR) is 101 cm³/mol. The van der Waals surface area contributed by atoms with Crippen LogP contribution >= 0.6 is 0 Å². The van der Waals surface area contributed by atoms with E-state index in [1.54, 1.807) is 19.2 Å². The minimum atomic E-state index is -0.239. The third kappa shape index (κ3) is 6.27. The van der Waals surface area contributed by atoms with Gasteiger partial charge in [0.15, 0.2) is 0 Å². The third-order valence-electron chi connectivity index (χ3n) is 4.08. The first-order chi connectivity index (χ1) is 12.7. The zero-order chi connectivity index (χ0) is 18.2.